The average Bonchev–Trinajstić information content (AvgIpc) is 3.48. The molecule has 2 aliphatic rings. The highest BCUT2D eigenvalue weighted by Crippen LogP contribution is 2.31. The Morgan fingerprint density at radius 2 is 1.23 bits per heavy atom. The van der Waals surface area contributed by atoms with Crippen LogP contribution >= 0.6 is 0 Å². The number of likely N-dealkylation sites (N-methyl/N-ethyl adjacent to an activating group) is 2. The predicted octanol–water partition coefficient (Wildman–Crippen LogP) is -1.32. The lowest BCUT2D eigenvalue weighted by Crippen LogP contribution is -2.63. The van der Waals surface area contributed by atoms with Gasteiger partial charge in [-0.1, -0.05) is 0 Å². The number of Topliss-reactive ketones (excluding diaryl/α,β-unsaturated/α-hetero) is 1. The van der Waals surface area contributed by atoms with E-state index in [1.807, 2.05) is 0 Å². The lowest BCUT2D eigenvalue weighted by atomic mass is 9.82. The van der Waals surface area contributed by atoms with Crippen molar-refractivity contribution < 1.29 is 14.4 Å². The first kappa shape index (κ1) is 19.7. The monoisotopic (exact) mass is 410 g/mol. The molecule has 2 unspecified atom stereocenters. The van der Waals surface area contributed by atoms with Crippen molar-refractivity contribution in [2.45, 2.75) is 11.1 Å². The SMILES string of the molecule is CN1CC(N)(C(=O)C2(N)C=C(C(=O)n3ccnc3)N(C)C2)C=C1C(=O)n1ccnc1. The van der Waals surface area contributed by atoms with E-state index in [2.05, 4.69) is 9.97 Å². The van der Waals surface area contributed by atoms with Crippen LogP contribution in [0.25, 0.3) is 0 Å². The Morgan fingerprint density at radius 3 is 1.57 bits per heavy atom. The number of imidazole rings is 2. The molecule has 0 bridgehead atoms. The molecule has 0 aliphatic carbocycles. The third-order valence-electron chi connectivity index (χ3n) is 5.37. The van der Waals surface area contributed by atoms with Crippen LogP contribution in [0.4, 0.5) is 0 Å². The first-order chi connectivity index (χ1) is 14.1. The molecule has 2 aromatic rings. The highest BCUT2D eigenvalue weighted by molar-refractivity contribution is 6.06. The van der Waals surface area contributed by atoms with E-state index in [0.29, 0.717) is 0 Å². The summed E-state index contributed by atoms with van der Waals surface area (Å²) < 4.78 is 2.61. The number of aromatic nitrogens is 4. The first-order valence-electron chi connectivity index (χ1n) is 9.21. The van der Waals surface area contributed by atoms with Crippen molar-refractivity contribution in [3.8, 4) is 0 Å². The predicted molar refractivity (Wildman–Crippen MR) is 106 cm³/mol. The van der Waals surface area contributed by atoms with Gasteiger partial charge in [-0.05, 0) is 12.2 Å². The van der Waals surface area contributed by atoms with Gasteiger partial charge in [0, 0.05) is 52.0 Å². The number of hydrogen-bond donors (Lipinski definition) is 2. The van der Waals surface area contributed by atoms with Gasteiger partial charge < -0.3 is 21.3 Å². The topological polar surface area (TPSA) is 145 Å². The molecule has 4 rings (SSSR count). The maximum atomic E-state index is 13.4. The molecule has 0 saturated heterocycles. The number of hydrogen-bond acceptors (Lipinski definition) is 9. The van der Waals surface area contributed by atoms with E-state index in [1.165, 1.54) is 58.7 Å². The normalized spacial score (nSPS) is 26.0. The Kier molecular flexibility index (Phi) is 4.44. The van der Waals surface area contributed by atoms with Gasteiger partial charge in [0.25, 0.3) is 11.8 Å². The van der Waals surface area contributed by atoms with E-state index in [1.54, 1.807) is 23.9 Å². The van der Waals surface area contributed by atoms with Crippen molar-refractivity contribution in [1.82, 2.24) is 28.9 Å². The lowest BCUT2D eigenvalue weighted by molar-refractivity contribution is -0.126. The van der Waals surface area contributed by atoms with Crippen LogP contribution in [0.1, 0.15) is 9.59 Å². The van der Waals surface area contributed by atoms with E-state index in [4.69, 9.17) is 11.5 Å². The average molecular weight is 410 g/mol. The number of ketones is 1. The minimum absolute atomic E-state index is 0.0862. The molecule has 2 atom stereocenters. The Balaban J connectivity index is 1.63. The Bertz CT molecular complexity index is 987. The number of allylic oxidation sites excluding steroid dienone is 2. The molecule has 0 radical (unpaired) electrons. The highest BCUT2D eigenvalue weighted by atomic mass is 16.2. The molecule has 4 N–H and O–H groups in total. The first-order valence-corrected chi connectivity index (χ1v) is 9.21. The number of nitrogens with two attached hydrogens (primary N) is 2. The van der Waals surface area contributed by atoms with Crippen molar-refractivity contribution in [3.05, 3.63) is 61.0 Å². The van der Waals surface area contributed by atoms with Crippen LogP contribution in [0.2, 0.25) is 0 Å². The largest absolute Gasteiger partial charge is 0.368 e. The lowest BCUT2D eigenvalue weighted by Gasteiger charge is -2.31. The fraction of sp³-hybridized carbons (Fsp3) is 0.316. The van der Waals surface area contributed by atoms with Crippen LogP contribution in [-0.2, 0) is 4.79 Å². The summed E-state index contributed by atoms with van der Waals surface area (Å²) in [5, 5.41) is 0. The minimum atomic E-state index is -1.49. The molecule has 0 fully saturated rings. The third kappa shape index (κ3) is 3.04. The Hall–Kier alpha value is -3.57. The summed E-state index contributed by atoms with van der Waals surface area (Å²) in [6, 6.07) is 0. The molecule has 156 valence electrons. The van der Waals surface area contributed by atoms with Crippen molar-refractivity contribution >= 4 is 17.6 Å². The summed E-state index contributed by atoms with van der Waals surface area (Å²) in [5.74, 6) is -1.18. The maximum Gasteiger partial charge on any atom is 0.279 e. The van der Waals surface area contributed by atoms with Gasteiger partial charge in [0.15, 0.2) is 5.78 Å². The number of carbonyl (C=O) groups is 3. The fourth-order valence-corrected chi connectivity index (χ4v) is 3.94. The molecule has 0 aromatic carbocycles. The highest BCUT2D eigenvalue weighted by Gasteiger charge is 2.51. The van der Waals surface area contributed by atoms with Crippen LogP contribution in [-0.4, -0.2) is 84.8 Å². The molecule has 30 heavy (non-hydrogen) atoms. The summed E-state index contributed by atoms with van der Waals surface area (Å²) in [5.41, 5.74) is 10.4. The van der Waals surface area contributed by atoms with Crippen LogP contribution in [0.3, 0.4) is 0 Å². The zero-order chi connectivity index (χ0) is 21.7. The summed E-state index contributed by atoms with van der Waals surface area (Å²) in [6.07, 6.45) is 11.6. The molecule has 11 nitrogen and oxygen atoms in total. The molecule has 0 amide bonds. The smallest absolute Gasteiger partial charge is 0.279 e. The molecule has 2 aromatic heterocycles. The molecule has 0 saturated carbocycles. The molecule has 4 heterocycles. The Labute approximate surface area is 172 Å². The summed E-state index contributed by atoms with van der Waals surface area (Å²) >= 11 is 0. The van der Waals surface area contributed by atoms with Crippen molar-refractivity contribution in [3.63, 3.8) is 0 Å². The van der Waals surface area contributed by atoms with Crippen LogP contribution in [0, 0.1) is 0 Å². The van der Waals surface area contributed by atoms with Gasteiger partial charge in [0.2, 0.25) is 0 Å². The second-order valence-corrected chi connectivity index (χ2v) is 7.73. The summed E-state index contributed by atoms with van der Waals surface area (Å²) in [4.78, 5) is 49.8. The van der Waals surface area contributed by atoms with E-state index in [-0.39, 0.29) is 36.3 Å². The molecule has 11 heteroatoms. The van der Waals surface area contributed by atoms with Crippen LogP contribution in [0.5, 0.6) is 0 Å². The summed E-state index contributed by atoms with van der Waals surface area (Å²) in [7, 11) is 3.35. The third-order valence-corrected chi connectivity index (χ3v) is 5.37. The second-order valence-electron chi connectivity index (χ2n) is 7.73. The van der Waals surface area contributed by atoms with E-state index >= 15 is 0 Å². The molecule has 2 aliphatic heterocycles. The zero-order valence-corrected chi connectivity index (χ0v) is 16.6. The standard InChI is InChI=1S/C19H22N8O3/c1-24-9-18(20,7-13(24)15(28)26-5-3-22-11-26)17(30)19(21)8-14(25(2)10-19)16(29)27-6-4-23-12-27/h3-8,11-12H,9-10,20-21H2,1-2H3. The Morgan fingerprint density at radius 1 is 0.833 bits per heavy atom. The number of nitrogens with zero attached hydrogens (tertiary/aromatic N) is 6. The zero-order valence-electron chi connectivity index (χ0n) is 16.6. The van der Waals surface area contributed by atoms with Gasteiger partial charge in [0.05, 0.1) is 0 Å². The van der Waals surface area contributed by atoms with E-state index < -0.39 is 16.9 Å². The van der Waals surface area contributed by atoms with Crippen LogP contribution < -0.4 is 11.5 Å². The van der Waals surface area contributed by atoms with Crippen molar-refractivity contribution in [2.24, 2.45) is 11.5 Å². The van der Waals surface area contributed by atoms with Crippen LogP contribution in [0.15, 0.2) is 61.0 Å². The van der Waals surface area contributed by atoms with Gasteiger partial charge in [-0.15, -0.1) is 0 Å². The quantitative estimate of drug-likeness (QED) is 0.627. The van der Waals surface area contributed by atoms with Gasteiger partial charge >= 0.3 is 0 Å². The summed E-state index contributed by atoms with van der Waals surface area (Å²) in [6.45, 7) is 0.172. The molecular formula is C19H22N8O3. The minimum Gasteiger partial charge on any atom is -0.368 e. The number of rotatable bonds is 4. The fourth-order valence-electron chi connectivity index (χ4n) is 3.94. The molecule has 0 spiro atoms. The van der Waals surface area contributed by atoms with Gasteiger partial charge in [-0.3, -0.25) is 23.5 Å². The van der Waals surface area contributed by atoms with E-state index in [0.717, 1.165) is 0 Å². The second kappa shape index (κ2) is 6.75. The number of carbonyl (C=O) groups excluding carboxylic acids is 3. The molecular weight excluding hydrogens is 388 g/mol. The van der Waals surface area contributed by atoms with E-state index in [9.17, 15) is 14.4 Å². The van der Waals surface area contributed by atoms with Gasteiger partial charge in [-0.25, -0.2) is 9.97 Å². The van der Waals surface area contributed by atoms with Gasteiger partial charge in [0.1, 0.15) is 35.1 Å². The van der Waals surface area contributed by atoms with Gasteiger partial charge in [-0.2, -0.15) is 0 Å². The van der Waals surface area contributed by atoms with Crippen molar-refractivity contribution in [2.75, 3.05) is 27.2 Å². The van der Waals surface area contributed by atoms with Crippen molar-refractivity contribution in [1.29, 1.82) is 0 Å². The maximum absolute atomic E-state index is 13.4.